The fourth-order valence-electron chi connectivity index (χ4n) is 2.48. The average molecular weight is 302 g/mol. The van der Waals surface area contributed by atoms with Crippen LogP contribution in [-0.4, -0.2) is 31.4 Å². The van der Waals surface area contributed by atoms with Crippen LogP contribution in [0.25, 0.3) is 0 Å². The molecule has 19 heavy (non-hydrogen) atoms. The lowest BCUT2D eigenvalue weighted by Gasteiger charge is -2.29. The van der Waals surface area contributed by atoms with E-state index in [1.54, 1.807) is 10.4 Å². The van der Waals surface area contributed by atoms with E-state index in [4.69, 9.17) is 0 Å². The second-order valence-corrected chi connectivity index (χ2v) is 8.75. The minimum absolute atomic E-state index is 0.259. The molecule has 0 saturated carbocycles. The summed E-state index contributed by atoms with van der Waals surface area (Å²) < 4.78 is 27.4. The van der Waals surface area contributed by atoms with Crippen LogP contribution in [0.15, 0.2) is 16.3 Å². The van der Waals surface area contributed by atoms with E-state index in [-0.39, 0.29) is 5.54 Å². The van der Waals surface area contributed by atoms with Crippen LogP contribution < -0.4 is 5.32 Å². The van der Waals surface area contributed by atoms with E-state index < -0.39 is 10.0 Å². The Morgan fingerprint density at radius 1 is 1.42 bits per heavy atom. The van der Waals surface area contributed by atoms with Crippen LogP contribution in [-0.2, 0) is 16.6 Å². The molecule has 1 fully saturated rings. The Morgan fingerprint density at radius 2 is 2.16 bits per heavy atom. The molecule has 0 atom stereocenters. The third-order valence-electron chi connectivity index (χ3n) is 3.56. The first-order valence-corrected chi connectivity index (χ1v) is 8.96. The number of hydrogen-bond acceptors (Lipinski definition) is 4. The van der Waals surface area contributed by atoms with Gasteiger partial charge in [-0.1, -0.05) is 6.92 Å². The normalized spacial score (nSPS) is 19.9. The molecular weight excluding hydrogens is 280 g/mol. The molecule has 0 bridgehead atoms. The second kappa shape index (κ2) is 5.52. The summed E-state index contributed by atoms with van der Waals surface area (Å²) in [4.78, 5) is 1.07. The van der Waals surface area contributed by atoms with Gasteiger partial charge in [-0.2, -0.15) is 4.31 Å². The quantitative estimate of drug-likeness (QED) is 0.909. The van der Waals surface area contributed by atoms with Crippen molar-refractivity contribution < 1.29 is 8.42 Å². The van der Waals surface area contributed by atoms with Crippen molar-refractivity contribution in [1.82, 2.24) is 9.62 Å². The van der Waals surface area contributed by atoms with Crippen molar-refractivity contribution in [3.05, 3.63) is 17.0 Å². The van der Waals surface area contributed by atoms with Crippen molar-refractivity contribution in [2.24, 2.45) is 0 Å². The van der Waals surface area contributed by atoms with Gasteiger partial charge < -0.3 is 5.32 Å². The Hall–Kier alpha value is -0.430. The summed E-state index contributed by atoms with van der Waals surface area (Å²) >= 11 is 1.38. The van der Waals surface area contributed by atoms with Crippen molar-refractivity contribution >= 4 is 21.4 Å². The summed E-state index contributed by atoms with van der Waals surface area (Å²) in [5.41, 5.74) is -0.259. The molecule has 1 aliphatic rings. The minimum atomic E-state index is -3.33. The zero-order valence-electron chi connectivity index (χ0n) is 11.8. The van der Waals surface area contributed by atoms with E-state index in [1.165, 1.54) is 11.3 Å². The molecular formula is C13H22N2O2S2. The maximum atomic E-state index is 12.7. The van der Waals surface area contributed by atoms with Crippen molar-refractivity contribution in [2.75, 3.05) is 13.1 Å². The van der Waals surface area contributed by atoms with E-state index >= 15 is 0 Å². The van der Waals surface area contributed by atoms with Crippen LogP contribution in [0.3, 0.4) is 0 Å². The smallest absolute Gasteiger partial charge is 0.253 e. The van der Waals surface area contributed by atoms with Crippen molar-refractivity contribution in [3.63, 3.8) is 0 Å². The maximum Gasteiger partial charge on any atom is 0.253 e. The molecule has 2 rings (SSSR count). The predicted octanol–water partition coefficient (Wildman–Crippen LogP) is 2.42. The summed E-state index contributed by atoms with van der Waals surface area (Å²) in [5.74, 6) is 0. The summed E-state index contributed by atoms with van der Waals surface area (Å²) in [7, 11) is -3.33. The van der Waals surface area contributed by atoms with Gasteiger partial charge in [0.05, 0.1) is 0 Å². The highest BCUT2D eigenvalue weighted by molar-refractivity contribution is 7.91. The van der Waals surface area contributed by atoms with E-state index in [1.807, 2.05) is 26.8 Å². The van der Waals surface area contributed by atoms with Gasteiger partial charge in [-0.25, -0.2) is 8.42 Å². The summed E-state index contributed by atoms with van der Waals surface area (Å²) in [6.45, 7) is 8.31. The molecule has 0 aliphatic carbocycles. The van der Waals surface area contributed by atoms with Crippen LogP contribution in [0, 0.1) is 0 Å². The monoisotopic (exact) mass is 302 g/mol. The predicted molar refractivity (Wildman–Crippen MR) is 78.9 cm³/mol. The lowest BCUT2D eigenvalue weighted by molar-refractivity contribution is 0.292. The first kappa shape index (κ1) is 15.0. The van der Waals surface area contributed by atoms with Crippen LogP contribution >= 0.6 is 11.3 Å². The SMILES string of the molecule is CCNCc1ccc(S(=O)(=O)N2CCCC2(C)C)s1. The third kappa shape index (κ3) is 3.02. The lowest BCUT2D eigenvalue weighted by Crippen LogP contribution is -2.42. The standard InChI is InChI=1S/C13H22N2O2S2/c1-4-14-10-11-6-7-12(18-11)19(16,17)15-9-5-8-13(15,2)3/h6-7,14H,4-5,8-10H2,1-3H3. The van der Waals surface area contributed by atoms with Gasteiger partial charge in [0.2, 0.25) is 0 Å². The van der Waals surface area contributed by atoms with Crippen molar-refractivity contribution in [3.8, 4) is 0 Å². The van der Waals surface area contributed by atoms with Crippen LogP contribution in [0.4, 0.5) is 0 Å². The highest BCUT2D eigenvalue weighted by Gasteiger charge is 2.41. The van der Waals surface area contributed by atoms with Gasteiger partial charge in [0.15, 0.2) is 0 Å². The number of nitrogens with one attached hydrogen (secondary N) is 1. The zero-order valence-corrected chi connectivity index (χ0v) is 13.4. The first-order valence-electron chi connectivity index (χ1n) is 6.70. The number of thiophene rings is 1. The Morgan fingerprint density at radius 3 is 2.74 bits per heavy atom. The molecule has 0 spiro atoms. The topological polar surface area (TPSA) is 49.4 Å². The Kier molecular flexibility index (Phi) is 4.35. The lowest BCUT2D eigenvalue weighted by atomic mass is 10.0. The average Bonchev–Trinajstić information content (AvgIpc) is 2.92. The maximum absolute atomic E-state index is 12.7. The van der Waals surface area contributed by atoms with E-state index in [0.29, 0.717) is 10.8 Å². The molecule has 6 heteroatoms. The van der Waals surface area contributed by atoms with Gasteiger partial charge in [-0.15, -0.1) is 11.3 Å². The molecule has 1 aliphatic heterocycles. The van der Waals surface area contributed by atoms with E-state index in [2.05, 4.69) is 5.32 Å². The fraction of sp³-hybridized carbons (Fsp3) is 0.692. The van der Waals surface area contributed by atoms with Crippen molar-refractivity contribution in [1.29, 1.82) is 0 Å². The summed E-state index contributed by atoms with van der Waals surface area (Å²) in [6, 6.07) is 3.64. The van der Waals surface area contributed by atoms with Crippen LogP contribution in [0.2, 0.25) is 0 Å². The highest BCUT2D eigenvalue weighted by atomic mass is 32.2. The largest absolute Gasteiger partial charge is 0.312 e. The van der Waals surface area contributed by atoms with Gasteiger partial charge in [0.1, 0.15) is 4.21 Å². The molecule has 0 unspecified atom stereocenters. The van der Waals surface area contributed by atoms with Gasteiger partial charge in [0.25, 0.3) is 10.0 Å². The number of sulfonamides is 1. The second-order valence-electron chi connectivity index (χ2n) is 5.49. The molecule has 108 valence electrons. The van der Waals surface area contributed by atoms with Crippen molar-refractivity contribution in [2.45, 2.75) is 49.9 Å². The van der Waals surface area contributed by atoms with Crippen LogP contribution in [0.5, 0.6) is 0 Å². The molecule has 1 aromatic rings. The van der Waals surface area contributed by atoms with Gasteiger partial charge in [-0.3, -0.25) is 0 Å². The third-order valence-corrected chi connectivity index (χ3v) is 7.22. The van der Waals surface area contributed by atoms with Gasteiger partial charge >= 0.3 is 0 Å². The number of nitrogens with zero attached hydrogens (tertiary/aromatic N) is 1. The molecule has 1 aromatic heterocycles. The molecule has 0 aromatic carbocycles. The summed E-state index contributed by atoms with van der Waals surface area (Å²) in [5, 5.41) is 3.22. The molecule has 1 N–H and O–H groups in total. The molecule has 0 amide bonds. The van der Waals surface area contributed by atoms with Crippen LogP contribution in [0.1, 0.15) is 38.5 Å². The minimum Gasteiger partial charge on any atom is -0.312 e. The number of rotatable bonds is 5. The van der Waals surface area contributed by atoms with E-state index in [0.717, 1.165) is 30.8 Å². The Labute approximate surface area is 119 Å². The number of hydrogen-bond donors (Lipinski definition) is 1. The fourth-order valence-corrected chi connectivity index (χ4v) is 5.76. The highest BCUT2D eigenvalue weighted by Crippen LogP contribution is 2.35. The Bertz CT molecular complexity index is 535. The molecule has 2 heterocycles. The molecule has 0 radical (unpaired) electrons. The first-order chi connectivity index (χ1) is 8.88. The molecule has 4 nitrogen and oxygen atoms in total. The molecule has 1 saturated heterocycles. The summed E-state index contributed by atoms with van der Waals surface area (Å²) in [6.07, 6.45) is 1.88. The van der Waals surface area contributed by atoms with Gasteiger partial charge in [0, 0.05) is 23.5 Å². The zero-order chi connectivity index (χ0) is 14.1. The van der Waals surface area contributed by atoms with E-state index in [9.17, 15) is 8.42 Å². The Balaban J connectivity index is 2.22. The van der Waals surface area contributed by atoms with Gasteiger partial charge in [-0.05, 0) is 45.4 Å².